The number of hydrogen-bond donors (Lipinski definition) is 0. The van der Waals surface area contributed by atoms with E-state index in [-0.39, 0.29) is 12.3 Å². The van der Waals surface area contributed by atoms with Crippen molar-refractivity contribution >= 4 is 5.71 Å². The summed E-state index contributed by atoms with van der Waals surface area (Å²) in [5, 5.41) is 7.01. The van der Waals surface area contributed by atoms with Crippen molar-refractivity contribution in [1.29, 1.82) is 0 Å². The fraction of sp³-hybridized carbons (Fsp3) is 0.217. The monoisotopic (exact) mass is 385 g/mol. The molecule has 144 valence electrons. The first kappa shape index (κ1) is 16.4. The summed E-state index contributed by atoms with van der Waals surface area (Å²) in [6.45, 7) is 1.16. The van der Waals surface area contributed by atoms with Crippen LogP contribution in [0, 0.1) is 0 Å². The molecule has 6 heteroatoms. The van der Waals surface area contributed by atoms with Crippen LogP contribution in [0.4, 0.5) is 0 Å². The molecule has 0 amide bonds. The summed E-state index contributed by atoms with van der Waals surface area (Å²) in [6.07, 6.45) is 2.23. The molecule has 1 aromatic heterocycles. The summed E-state index contributed by atoms with van der Waals surface area (Å²) >= 11 is 0. The van der Waals surface area contributed by atoms with E-state index in [1.165, 1.54) is 0 Å². The highest BCUT2D eigenvalue weighted by Crippen LogP contribution is 2.47. The molecule has 3 aromatic rings. The van der Waals surface area contributed by atoms with E-state index in [4.69, 9.17) is 19.3 Å². The highest BCUT2D eigenvalue weighted by Gasteiger charge is 2.41. The number of nitrogens with zero attached hydrogens (tertiary/aromatic N) is 3. The van der Waals surface area contributed by atoms with Gasteiger partial charge in [-0.15, -0.1) is 0 Å². The van der Waals surface area contributed by atoms with Crippen molar-refractivity contribution < 1.29 is 14.2 Å². The normalized spacial score (nSPS) is 21.7. The van der Waals surface area contributed by atoms with Gasteiger partial charge in [-0.25, -0.2) is 5.01 Å². The highest BCUT2D eigenvalue weighted by molar-refractivity contribution is 6.02. The van der Waals surface area contributed by atoms with Gasteiger partial charge >= 0.3 is 0 Å². The van der Waals surface area contributed by atoms with E-state index in [2.05, 4.69) is 11.1 Å². The lowest BCUT2D eigenvalue weighted by Crippen LogP contribution is -2.34. The zero-order valence-corrected chi connectivity index (χ0v) is 15.7. The zero-order valence-electron chi connectivity index (χ0n) is 15.7. The third-order valence-corrected chi connectivity index (χ3v) is 5.52. The Morgan fingerprint density at radius 2 is 1.72 bits per heavy atom. The summed E-state index contributed by atoms with van der Waals surface area (Å²) in [4.78, 5) is 4.52. The Bertz CT molecular complexity index is 1100. The fourth-order valence-corrected chi connectivity index (χ4v) is 4.15. The predicted octanol–water partition coefficient (Wildman–Crippen LogP) is 4.10. The smallest absolute Gasteiger partial charge is 0.230 e. The molecule has 0 bridgehead atoms. The van der Waals surface area contributed by atoms with Crippen LogP contribution in [0.3, 0.4) is 0 Å². The summed E-state index contributed by atoms with van der Waals surface area (Å²) in [7, 11) is 0. The number of fused-ring (bicyclic) bond motifs is 4. The van der Waals surface area contributed by atoms with Gasteiger partial charge in [-0.2, -0.15) is 5.10 Å². The Balaban J connectivity index is 1.42. The minimum absolute atomic E-state index is 0.107. The minimum Gasteiger partial charge on any atom is -0.486 e. The van der Waals surface area contributed by atoms with E-state index < -0.39 is 0 Å². The number of ether oxygens (including phenoxy) is 3. The largest absolute Gasteiger partial charge is 0.486 e. The van der Waals surface area contributed by atoms with Crippen LogP contribution in [0.2, 0.25) is 0 Å². The molecule has 0 radical (unpaired) electrons. The first-order valence-electron chi connectivity index (χ1n) is 9.79. The van der Waals surface area contributed by atoms with Gasteiger partial charge in [0.1, 0.15) is 24.7 Å². The molecule has 0 fully saturated rings. The average molecular weight is 385 g/mol. The SMILES string of the molecule is c1ccc(C2Oc3ccccc3C3CC(c4ccc5c(c4)OCCO5)=NN32)nc1. The molecule has 2 aromatic carbocycles. The van der Waals surface area contributed by atoms with E-state index in [0.29, 0.717) is 13.2 Å². The van der Waals surface area contributed by atoms with Crippen LogP contribution in [0.5, 0.6) is 17.2 Å². The number of benzene rings is 2. The van der Waals surface area contributed by atoms with Crippen molar-refractivity contribution in [3.63, 3.8) is 0 Å². The molecule has 0 saturated carbocycles. The second kappa shape index (κ2) is 6.51. The van der Waals surface area contributed by atoms with Crippen molar-refractivity contribution in [3.8, 4) is 17.2 Å². The standard InChI is InChI=1S/C23H19N3O3/c1-2-7-20-16(5-1)19-14-18(15-8-9-21-22(13-15)28-12-11-27-21)25-26(19)23(29-20)17-6-3-4-10-24-17/h1-10,13,19,23H,11-12,14H2. The number of rotatable bonds is 2. The van der Waals surface area contributed by atoms with Gasteiger partial charge in [0.15, 0.2) is 11.5 Å². The Morgan fingerprint density at radius 3 is 2.62 bits per heavy atom. The van der Waals surface area contributed by atoms with Crippen LogP contribution >= 0.6 is 0 Å². The molecule has 29 heavy (non-hydrogen) atoms. The maximum absolute atomic E-state index is 6.32. The first-order valence-corrected chi connectivity index (χ1v) is 9.79. The van der Waals surface area contributed by atoms with Crippen molar-refractivity contribution in [2.24, 2.45) is 5.10 Å². The molecule has 2 unspecified atom stereocenters. The maximum atomic E-state index is 6.32. The van der Waals surface area contributed by atoms with Gasteiger partial charge in [-0.3, -0.25) is 4.98 Å². The molecule has 0 aliphatic carbocycles. The Morgan fingerprint density at radius 1 is 0.862 bits per heavy atom. The van der Waals surface area contributed by atoms with Crippen molar-refractivity contribution in [2.45, 2.75) is 18.7 Å². The predicted molar refractivity (Wildman–Crippen MR) is 107 cm³/mol. The number of pyridine rings is 1. The Kier molecular flexibility index (Phi) is 3.69. The Hall–Kier alpha value is -3.54. The second-order valence-corrected chi connectivity index (χ2v) is 7.27. The molecule has 6 nitrogen and oxygen atoms in total. The van der Waals surface area contributed by atoms with E-state index in [0.717, 1.165) is 46.2 Å². The van der Waals surface area contributed by atoms with Crippen molar-refractivity contribution in [2.75, 3.05) is 13.2 Å². The quantitative estimate of drug-likeness (QED) is 0.665. The van der Waals surface area contributed by atoms with Crippen LogP contribution < -0.4 is 14.2 Å². The van der Waals surface area contributed by atoms with Crippen LogP contribution in [-0.2, 0) is 0 Å². The lowest BCUT2D eigenvalue weighted by atomic mass is 9.96. The molecule has 2 atom stereocenters. The lowest BCUT2D eigenvalue weighted by Gasteiger charge is -2.37. The molecule has 0 N–H and O–H groups in total. The fourth-order valence-electron chi connectivity index (χ4n) is 4.15. The summed E-state index contributed by atoms with van der Waals surface area (Å²) in [5.41, 5.74) is 4.05. The Labute approximate surface area is 168 Å². The second-order valence-electron chi connectivity index (χ2n) is 7.27. The number of hydrogen-bond acceptors (Lipinski definition) is 6. The summed E-state index contributed by atoms with van der Waals surface area (Å²) in [5.74, 6) is 2.46. The molecule has 0 saturated heterocycles. The van der Waals surface area contributed by atoms with Crippen LogP contribution in [-0.4, -0.2) is 28.9 Å². The van der Waals surface area contributed by atoms with Gasteiger partial charge in [0.05, 0.1) is 11.8 Å². The topological polar surface area (TPSA) is 56.2 Å². The first-order chi connectivity index (χ1) is 14.4. The van der Waals surface area contributed by atoms with E-state index in [1.54, 1.807) is 6.20 Å². The molecule has 6 rings (SSSR count). The van der Waals surface area contributed by atoms with Gasteiger partial charge in [0.2, 0.25) is 6.23 Å². The number of para-hydroxylation sites is 1. The van der Waals surface area contributed by atoms with E-state index in [1.807, 2.05) is 59.6 Å². The van der Waals surface area contributed by atoms with Crippen LogP contribution in [0.25, 0.3) is 0 Å². The van der Waals surface area contributed by atoms with Gasteiger partial charge in [-0.1, -0.05) is 24.3 Å². The van der Waals surface area contributed by atoms with Gasteiger partial charge in [0.25, 0.3) is 0 Å². The van der Waals surface area contributed by atoms with Crippen molar-refractivity contribution in [1.82, 2.24) is 9.99 Å². The van der Waals surface area contributed by atoms with Gasteiger partial charge < -0.3 is 14.2 Å². The van der Waals surface area contributed by atoms with Gasteiger partial charge in [-0.05, 0) is 36.4 Å². The average Bonchev–Trinajstić information content (AvgIpc) is 3.25. The summed E-state index contributed by atoms with van der Waals surface area (Å²) < 4.78 is 17.7. The minimum atomic E-state index is -0.356. The van der Waals surface area contributed by atoms with Gasteiger partial charge in [0, 0.05) is 23.7 Å². The van der Waals surface area contributed by atoms with Crippen LogP contribution in [0.1, 0.15) is 35.5 Å². The molecular formula is C23H19N3O3. The molecule has 3 aliphatic heterocycles. The van der Waals surface area contributed by atoms with E-state index in [9.17, 15) is 0 Å². The highest BCUT2D eigenvalue weighted by atomic mass is 16.6. The third-order valence-electron chi connectivity index (χ3n) is 5.52. The third kappa shape index (κ3) is 2.71. The molecule has 4 heterocycles. The molecular weight excluding hydrogens is 366 g/mol. The van der Waals surface area contributed by atoms with Crippen molar-refractivity contribution in [3.05, 3.63) is 83.7 Å². The van der Waals surface area contributed by atoms with Crippen LogP contribution in [0.15, 0.2) is 72.0 Å². The number of hydrazone groups is 1. The zero-order chi connectivity index (χ0) is 19.2. The maximum Gasteiger partial charge on any atom is 0.230 e. The molecule has 0 spiro atoms. The summed E-state index contributed by atoms with van der Waals surface area (Å²) in [6, 6.07) is 20.2. The van der Waals surface area contributed by atoms with E-state index >= 15 is 0 Å². The lowest BCUT2D eigenvalue weighted by molar-refractivity contribution is -0.0218. The molecule has 3 aliphatic rings. The number of aromatic nitrogens is 1.